The lowest BCUT2D eigenvalue weighted by Crippen LogP contribution is -2.37. The van der Waals surface area contributed by atoms with Crippen LogP contribution in [0.4, 0.5) is 15.8 Å². The maximum atomic E-state index is 15.1. The van der Waals surface area contributed by atoms with Crippen LogP contribution in [-0.2, 0) is 6.42 Å². The molecule has 5 rings (SSSR count). The third-order valence-corrected chi connectivity index (χ3v) is 7.23. The van der Waals surface area contributed by atoms with E-state index in [0.29, 0.717) is 41.7 Å². The lowest BCUT2D eigenvalue weighted by atomic mass is 9.98. The van der Waals surface area contributed by atoms with Crippen LogP contribution in [0.15, 0.2) is 66.7 Å². The molecule has 2 aliphatic rings. The molecule has 3 aromatic rings. The Morgan fingerprint density at radius 1 is 1.08 bits per heavy atom. The molecule has 6 nitrogen and oxygen atoms in total. The molecule has 7 heteroatoms. The third-order valence-electron chi connectivity index (χ3n) is 7.23. The first kappa shape index (κ1) is 24.3. The molecule has 1 saturated heterocycles. The summed E-state index contributed by atoms with van der Waals surface area (Å²) in [7, 11) is 4.10. The molecule has 1 fully saturated rings. The Morgan fingerprint density at radius 3 is 2.61 bits per heavy atom. The molecule has 3 aromatic carbocycles. The van der Waals surface area contributed by atoms with Gasteiger partial charge in [0.15, 0.2) is 0 Å². The van der Waals surface area contributed by atoms with E-state index in [9.17, 15) is 9.90 Å². The van der Waals surface area contributed by atoms with Crippen molar-refractivity contribution in [3.8, 4) is 5.75 Å². The Balaban J connectivity index is 1.26. The van der Waals surface area contributed by atoms with Crippen LogP contribution in [0.2, 0.25) is 0 Å². The van der Waals surface area contributed by atoms with Crippen LogP contribution in [0.1, 0.15) is 34.0 Å². The summed E-state index contributed by atoms with van der Waals surface area (Å²) in [6, 6.07) is 20.3. The SMILES string of the molecule is CN(C)[C@@H]1CCN(c2ccc(N3CCc4cc(OCC(O)c5ccccc5)ccc4C3=O)cc2F)C1. The molecule has 188 valence electrons. The first-order valence-electron chi connectivity index (χ1n) is 12.4. The molecule has 0 bridgehead atoms. The summed E-state index contributed by atoms with van der Waals surface area (Å²) < 4.78 is 20.9. The highest BCUT2D eigenvalue weighted by molar-refractivity contribution is 6.08. The second kappa shape index (κ2) is 10.3. The number of aliphatic hydroxyl groups is 1. The Labute approximate surface area is 211 Å². The average molecular weight is 490 g/mol. The molecule has 0 saturated carbocycles. The van der Waals surface area contributed by atoms with Crippen molar-refractivity contribution in [1.29, 1.82) is 0 Å². The lowest BCUT2D eigenvalue weighted by Gasteiger charge is -2.30. The van der Waals surface area contributed by atoms with Crippen molar-refractivity contribution >= 4 is 17.3 Å². The Hall–Kier alpha value is -3.42. The molecular formula is C29H32FN3O3. The van der Waals surface area contributed by atoms with Gasteiger partial charge >= 0.3 is 0 Å². The minimum absolute atomic E-state index is 0.126. The fourth-order valence-electron chi connectivity index (χ4n) is 5.05. The molecule has 1 N–H and O–H groups in total. The third kappa shape index (κ3) is 4.94. The number of carbonyl (C=O) groups excluding carboxylic acids is 1. The van der Waals surface area contributed by atoms with Gasteiger partial charge in [-0.05, 0) is 74.5 Å². The number of fused-ring (bicyclic) bond motifs is 1. The first-order chi connectivity index (χ1) is 17.4. The number of hydrogen-bond donors (Lipinski definition) is 1. The van der Waals surface area contributed by atoms with Gasteiger partial charge in [0.05, 0.1) is 5.69 Å². The smallest absolute Gasteiger partial charge is 0.258 e. The Morgan fingerprint density at radius 2 is 1.89 bits per heavy atom. The molecule has 1 unspecified atom stereocenters. The van der Waals surface area contributed by atoms with E-state index in [1.54, 1.807) is 23.1 Å². The number of amides is 1. The summed E-state index contributed by atoms with van der Waals surface area (Å²) in [5.74, 6) is 0.168. The van der Waals surface area contributed by atoms with Gasteiger partial charge in [0, 0.05) is 36.9 Å². The van der Waals surface area contributed by atoms with Crippen molar-refractivity contribution in [3.63, 3.8) is 0 Å². The van der Waals surface area contributed by atoms with Gasteiger partial charge in [0.2, 0.25) is 0 Å². The first-order valence-corrected chi connectivity index (χ1v) is 12.4. The number of carbonyl (C=O) groups is 1. The molecule has 2 heterocycles. The fraction of sp³-hybridized carbons (Fsp3) is 0.345. The minimum atomic E-state index is -0.730. The summed E-state index contributed by atoms with van der Waals surface area (Å²) in [4.78, 5) is 19.2. The molecule has 0 radical (unpaired) electrons. The second-order valence-electron chi connectivity index (χ2n) is 9.75. The Bertz CT molecular complexity index is 1230. The van der Waals surface area contributed by atoms with Gasteiger partial charge in [-0.2, -0.15) is 0 Å². The van der Waals surface area contributed by atoms with Crippen molar-refractivity contribution in [2.75, 3.05) is 50.1 Å². The van der Waals surface area contributed by atoms with E-state index >= 15 is 4.39 Å². The van der Waals surface area contributed by atoms with Crippen LogP contribution in [0.3, 0.4) is 0 Å². The van der Waals surface area contributed by atoms with Crippen LogP contribution in [0.25, 0.3) is 0 Å². The summed E-state index contributed by atoms with van der Waals surface area (Å²) in [5.41, 5.74) is 3.44. The number of likely N-dealkylation sites (N-methyl/N-ethyl adjacent to an activating group) is 1. The van der Waals surface area contributed by atoms with Crippen LogP contribution in [0, 0.1) is 5.82 Å². The largest absolute Gasteiger partial charge is 0.491 e. The standard InChI is InChI=1S/C29H32FN3O3/c1-31(2)23-13-14-32(18-23)27-11-8-22(17-26(27)30)33-15-12-21-16-24(9-10-25(21)29(33)35)36-19-28(34)20-6-4-3-5-7-20/h3-11,16-17,23,28,34H,12-15,18-19H2,1-2H3/t23-,28?/m1/s1. The van der Waals surface area contributed by atoms with E-state index in [4.69, 9.17) is 4.74 Å². The molecule has 0 spiro atoms. The molecule has 0 aromatic heterocycles. The summed E-state index contributed by atoms with van der Waals surface area (Å²) in [6.07, 6.45) is 0.915. The van der Waals surface area contributed by atoms with Crippen LogP contribution in [0.5, 0.6) is 5.75 Å². The molecule has 36 heavy (non-hydrogen) atoms. The van der Waals surface area contributed by atoms with Gasteiger partial charge < -0.3 is 24.5 Å². The zero-order valence-corrected chi connectivity index (χ0v) is 20.7. The number of halogens is 1. The quantitative estimate of drug-likeness (QED) is 0.537. The van der Waals surface area contributed by atoms with Gasteiger partial charge in [0.1, 0.15) is 24.3 Å². The molecule has 2 aliphatic heterocycles. The number of anilines is 2. The molecule has 2 atom stereocenters. The summed E-state index contributed by atoms with van der Waals surface area (Å²) >= 11 is 0. The zero-order chi connectivity index (χ0) is 25.2. The predicted molar refractivity (Wildman–Crippen MR) is 139 cm³/mol. The number of nitrogens with zero attached hydrogens (tertiary/aromatic N) is 3. The van der Waals surface area contributed by atoms with Gasteiger partial charge in [-0.3, -0.25) is 4.79 Å². The summed E-state index contributed by atoms with van der Waals surface area (Å²) in [5, 5.41) is 10.3. The highest BCUT2D eigenvalue weighted by Gasteiger charge is 2.29. The van der Waals surface area contributed by atoms with E-state index in [1.165, 1.54) is 6.07 Å². The topological polar surface area (TPSA) is 56.3 Å². The van der Waals surface area contributed by atoms with E-state index < -0.39 is 6.10 Å². The van der Waals surface area contributed by atoms with Crippen molar-refractivity contribution in [1.82, 2.24) is 4.90 Å². The van der Waals surface area contributed by atoms with E-state index in [-0.39, 0.29) is 18.3 Å². The van der Waals surface area contributed by atoms with E-state index in [0.717, 1.165) is 30.6 Å². The van der Waals surface area contributed by atoms with Gasteiger partial charge in [0.25, 0.3) is 5.91 Å². The lowest BCUT2D eigenvalue weighted by molar-refractivity contribution is 0.0979. The second-order valence-corrected chi connectivity index (χ2v) is 9.75. The highest BCUT2D eigenvalue weighted by Crippen LogP contribution is 2.32. The number of benzene rings is 3. The number of ether oxygens (including phenoxy) is 1. The van der Waals surface area contributed by atoms with Crippen molar-refractivity contribution in [2.24, 2.45) is 0 Å². The van der Waals surface area contributed by atoms with Crippen molar-refractivity contribution in [3.05, 3.63) is 89.2 Å². The minimum Gasteiger partial charge on any atom is -0.491 e. The van der Waals surface area contributed by atoms with Gasteiger partial charge in [-0.15, -0.1) is 0 Å². The monoisotopic (exact) mass is 489 g/mol. The maximum absolute atomic E-state index is 15.1. The van der Waals surface area contributed by atoms with Crippen LogP contribution < -0.4 is 14.5 Å². The number of aliphatic hydroxyl groups excluding tert-OH is 1. The normalized spacial score (nSPS) is 18.5. The predicted octanol–water partition coefficient (Wildman–Crippen LogP) is 4.28. The fourth-order valence-corrected chi connectivity index (χ4v) is 5.05. The molecular weight excluding hydrogens is 457 g/mol. The summed E-state index contributed by atoms with van der Waals surface area (Å²) in [6.45, 7) is 2.21. The number of rotatable bonds is 7. The highest BCUT2D eigenvalue weighted by atomic mass is 19.1. The Kier molecular flexibility index (Phi) is 6.94. The van der Waals surface area contributed by atoms with Gasteiger partial charge in [-0.1, -0.05) is 30.3 Å². The van der Waals surface area contributed by atoms with Crippen LogP contribution >= 0.6 is 0 Å². The van der Waals surface area contributed by atoms with Crippen molar-refractivity contribution < 1.29 is 19.0 Å². The van der Waals surface area contributed by atoms with E-state index in [1.807, 2.05) is 42.5 Å². The maximum Gasteiger partial charge on any atom is 0.258 e. The van der Waals surface area contributed by atoms with Crippen LogP contribution in [-0.4, -0.2) is 62.3 Å². The zero-order valence-electron chi connectivity index (χ0n) is 20.7. The van der Waals surface area contributed by atoms with Gasteiger partial charge in [-0.25, -0.2) is 4.39 Å². The molecule has 0 aliphatic carbocycles. The molecule has 1 amide bonds. The average Bonchev–Trinajstić information content (AvgIpc) is 3.38. The number of hydrogen-bond acceptors (Lipinski definition) is 5. The van der Waals surface area contributed by atoms with E-state index in [2.05, 4.69) is 23.9 Å². The van der Waals surface area contributed by atoms with Crippen molar-refractivity contribution in [2.45, 2.75) is 25.0 Å².